The van der Waals surface area contributed by atoms with Crippen LogP contribution in [0, 0.1) is 0 Å². The van der Waals surface area contributed by atoms with Crippen LogP contribution in [0.3, 0.4) is 0 Å². The van der Waals surface area contributed by atoms with Crippen molar-refractivity contribution in [2.45, 2.75) is 116 Å². The zero-order valence-electron chi connectivity index (χ0n) is 18.4. The number of pyridine rings is 1. The van der Waals surface area contributed by atoms with Crippen molar-refractivity contribution in [2.24, 2.45) is 4.99 Å². The second-order valence-corrected chi connectivity index (χ2v) is 8.13. The van der Waals surface area contributed by atoms with Crippen molar-refractivity contribution in [1.82, 2.24) is 0 Å². The fraction of sp³-hybridized carbons (Fsp3) is 0.760. The van der Waals surface area contributed by atoms with Gasteiger partial charge in [-0.2, -0.15) is 0 Å². The molecule has 0 amide bonds. The molecule has 160 valence electrons. The standard InChI is InChI=1S/C25H44N2O/c1-2-3-4-5-6-7-8-9-10-11-12-13-14-15-16-18-21-26-25(28)24-27-22-19-17-20-23-27/h17,19-20,22-23H,2-16,18,21,24H2,1H3. The molecule has 0 spiro atoms. The number of rotatable bonds is 19. The van der Waals surface area contributed by atoms with Crippen molar-refractivity contribution in [2.75, 3.05) is 6.54 Å². The first-order valence-corrected chi connectivity index (χ1v) is 12.0. The van der Waals surface area contributed by atoms with E-state index in [9.17, 15) is 5.11 Å². The minimum absolute atomic E-state index is 0.0165. The molecule has 0 saturated heterocycles. The van der Waals surface area contributed by atoms with Gasteiger partial charge in [0.2, 0.25) is 0 Å². The lowest BCUT2D eigenvalue weighted by Gasteiger charge is -2.07. The molecule has 0 aromatic carbocycles. The van der Waals surface area contributed by atoms with E-state index in [0.29, 0.717) is 13.1 Å². The van der Waals surface area contributed by atoms with E-state index in [0.717, 1.165) is 6.42 Å². The molecule has 3 heteroatoms. The van der Waals surface area contributed by atoms with Crippen molar-refractivity contribution in [1.29, 1.82) is 0 Å². The number of aliphatic imine (C=N–C) groups is 1. The Morgan fingerprint density at radius 3 is 1.54 bits per heavy atom. The predicted octanol–water partition coefficient (Wildman–Crippen LogP) is 5.99. The van der Waals surface area contributed by atoms with Gasteiger partial charge in [-0.3, -0.25) is 4.99 Å². The van der Waals surface area contributed by atoms with Crippen molar-refractivity contribution in [3.8, 4) is 0 Å². The Morgan fingerprint density at radius 2 is 1.07 bits per heavy atom. The molecule has 0 aliphatic carbocycles. The van der Waals surface area contributed by atoms with E-state index in [1.54, 1.807) is 0 Å². The Hall–Kier alpha value is -1.38. The summed E-state index contributed by atoms with van der Waals surface area (Å²) in [5.41, 5.74) is 0. The predicted molar refractivity (Wildman–Crippen MR) is 118 cm³/mol. The number of unbranched alkanes of at least 4 members (excludes halogenated alkanes) is 15. The number of hydrogen-bond donors (Lipinski definition) is 0. The molecule has 1 aromatic heterocycles. The highest BCUT2D eigenvalue weighted by Gasteiger charge is 1.97. The van der Waals surface area contributed by atoms with E-state index in [2.05, 4.69) is 11.9 Å². The van der Waals surface area contributed by atoms with Crippen molar-refractivity contribution >= 4 is 5.90 Å². The molecule has 0 atom stereocenters. The molecule has 0 aliphatic heterocycles. The fourth-order valence-electron chi connectivity index (χ4n) is 3.61. The van der Waals surface area contributed by atoms with Crippen LogP contribution in [0.15, 0.2) is 35.6 Å². The monoisotopic (exact) mass is 388 g/mol. The first-order valence-electron chi connectivity index (χ1n) is 12.0. The second kappa shape index (κ2) is 19.0. The lowest BCUT2D eigenvalue weighted by atomic mass is 10.0. The van der Waals surface area contributed by atoms with Gasteiger partial charge in [-0.15, -0.1) is 0 Å². The van der Waals surface area contributed by atoms with Gasteiger partial charge < -0.3 is 5.11 Å². The van der Waals surface area contributed by atoms with Crippen molar-refractivity contribution in [3.05, 3.63) is 30.6 Å². The van der Waals surface area contributed by atoms with Crippen molar-refractivity contribution < 1.29 is 9.67 Å². The maximum absolute atomic E-state index is 11.8. The van der Waals surface area contributed by atoms with Gasteiger partial charge in [-0.05, 0) is 6.42 Å². The zero-order chi connectivity index (χ0) is 20.1. The van der Waals surface area contributed by atoms with Crippen LogP contribution in [0.4, 0.5) is 0 Å². The molecule has 1 heterocycles. The van der Waals surface area contributed by atoms with Gasteiger partial charge in [0.15, 0.2) is 18.9 Å². The molecule has 0 radical (unpaired) electrons. The van der Waals surface area contributed by atoms with Gasteiger partial charge in [0.05, 0.1) is 0 Å². The molecule has 1 aromatic rings. The quantitative estimate of drug-likeness (QED) is 0.124. The molecule has 0 bridgehead atoms. The van der Waals surface area contributed by atoms with Crippen molar-refractivity contribution in [3.63, 3.8) is 0 Å². The second-order valence-electron chi connectivity index (χ2n) is 8.13. The third kappa shape index (κ3) is 15.7. The molecule has 3 nitrogen and oxygen atoms in total. The third-order valence-corrected chi connectivity index (χ3v) is 5.39. The normalized spacial score (nSPS) is 11.8. The van der Waals surface area contributed by atoms with Gasteiger partial charge in [-0.25, -0.2) is 4.57 Å². The number of nitrogens with zero attached hydrogens (tertiary/aromatic N) is 2. The number of aromatic nitrogens is 1. The topological polar surface area (TPSA) is 39.3 Å². The lowest BCUT2D eigenvalue weighted by Crippen LogP contribution is -2.41. The van der Waals surface area contributed by atoms with Gasteiger partial charge in [0.1, 0.15) is 0 Å². The molecular weight excluding hydrogens is 344 g/mol. The molecule has 0 N–H and O–H groups in total. The Morgan fingerprint density at radius 1 is 0.643 bits per heavy atom. The molecule has 0 saturated carbocycles. The summed E-state index contributed by atoms with van der Waals surface area (Å²) in [6.45, 7) is 3.33. The SMILES string of the molecule is CCCCCCCCCCCCCCCCCCN=C([O-])C[n+]1ccccc1. The molecule has 28 heavy (non-hydrogen) atoms. The van der Waals surface area contributed by atoms with Gasteiger partial charge in [-0.1, -0.05) is 109 Å². The van der Waals surface area contributed by atoms with Crippen LogP contribution in [-0.2, 0) is 6.54 Å². The van der Waals surface area contributed by atoms with E-state index >= 15 is 0 Å². The van der Waals surface area contributed by atoms with E-state index in [4.69, 9.17) is 0 Å². The van der Waals surface area contributed by atoms with Crippen LogP contribution in [0.25, 0.3) is 0 Å². The highest BCUT2D eigenvalue weighted by Crippen LogP contribution is 2.13. The lowest BCUT2D eigenvalue weighted by molar-refractivity contribution is -0.687. The highest BCUT2D eigenvalue weighted by molar-refractivity contribution is 5.69. The summed E-state index contributed by atoms with van der Waals surface area (Å²) >= 11 is 0. The molecular formula is C25H44N2O. The summed E-state index contributed by atoms with van der Waals surface area (Å²) < 4.78 is 1.87. The van der Waals surface area contributed by atoms with Gasteiger partial charge >= 0.3 is 0 Å². The zero-order valence-corrected chi connectivity index (χ0v) is 18.4. The van der Waals surface area contributed by atoms with E-state index in [-0.39, 0.29) is 5.90 Å². The largest absolute Gasteiger partial charge is 0.858 e. The molecule has 1 rings (SSSR count). The van der Waals surface area contributed by atoms with Crippen LogP contribution >= 0.6 is 0 Å². The summed E-state index contributed by atoms with van der Waals surface area (Å²) in [5.74, 6) is -0.0165. The van der Waals surface area contributed by atoms with Crippen LogP contribution in [-0.4, -0.2) is 12.4 Å². The molecule has 0 fully saturated rings. The minimum atomic E-state index is -0.0165. The number of hydrogen-bond acceptors (Lipinski definition) is 2. The Bertz CT molecular complexity index is 473. The molecule has 0 unspecified atom stereocenters. The molecule has 0 aliphatic rings. The summed E-state index contributed by atoms with van der Waals surface area (Å²) in [5, 5.41) is 11.8. The van der Waals surface area contributed by atoms with E-state index < -0.39 is 0 Å². The maximum Gasteiger partial charge on any atom is 0.176 e. The first-order chi connectivity index (χ1) is 13.8. The highest BCUT2D eigenvalue weighted by atomic mass is 16.3. The van der Waals surface area contributed by atoms with Crippen LogP contribution in [0.5, 0.6) is 0 Å². The minimum Gasteiger partial charge on any atom is -0.858 e. The maximum atomic E-state index is 11.8. The van der Waals surface area contributed by atoms with Gasteiger partial charge in [0.25, 0.3) is 0 Å². The van der Waals surface area contributed by atoms with Crippen LogP contribution in [0.2, 0.25) is 0 Å². The van der Waals surface area contributed by atoms with E-state index in [1.165, 1.54) is 96.3 Å². The Balaban J connectivity index is 1.79. The fourth-order valence-corrected chi connectivity index (χ4v) is 3.61. The first kappa shape index (κ1) is 24.7. The summed E-state index contributed by atoms with van der Waals surface area (Å²) in [7, 11) is 0. The van der Waals surface area contributed by atoms with Crippen LogP contribution in [0.1, 0.15) is 110 Å². The average molecular weight is 389 g/mol. The third-order valence-electron chi connectivity index (χ3n) is 5.39. The van der Waals surface area contributed by atoms with Gasteiger partial charge in [0, 0.05) is 24.6 Å². The van der Waals surface area contributed by atoms with E-state index in [1.807, 2.05) is 35.2 Å². The van der Waals surface area contributed by atoms with Crippen LogP contribution < -0.4 is 9.67 Å². The summed E-state index contributed by atoms with van der Waals surface area (Å²) in [6.07, 6.45) is 25.7. The smallest absolute Gasteiger partial charge is 0.176 e. The summed E-state index contributed by atoms with van der Waals surface area (Å²) in [4.78, 5) is 4.16. The average Bonchev–Trinajstić information content (AvgIpc) is 2.71. The Labute approximate surface area is 174 Å². The Kier molecular flexibility index (Phi) is 16.7. The summed E-state index contributed by atoms with van der Waals surface area (Å²) in [6, 6.07) is 5.82.